The third-order valence-corrected chi connectivity index (χ3v) is 1.85. The third-order valence-electron chi connectivity index (χ3n) is 1.85. The van der Waals surface area contributed by atoms with E-state index in [-0.39, 0.29) is 6.04 Å². The second-order valence-electron chi connectivity index (χ2n) is 2.64. The Morgan fingerprint density at radius 2 is 2.64 bits per heavy atom. The van der Waals surface area contributed by atoms with Gasteiger partial charge in [-0.05, 0) is 0 Å². The van der Waals surface area contributed by atoms with E-state index in [1.165, 1.54) is 0 Å². The lowest BCUT2D eigenvalue weighted by atomic mass is 10.2. The summed E-state index contributed by atoms with van der Waals surface area (Å²) in [4.78, 5) is 12.5. The van der Waals surface area contributed by atoms with Gasteiger partial charge in [-0.3, -0.25) is 4.90 Å². The van der Waals surface area contributed by atoms with E-state index in [0.29, 0.717) is 6.73 Å². The highest BCUT2D eigenvalue weighted by atomic mass is 16.5. The summed E-state index contributed by atoms with van der Waals surface area (Å²) >= 11 is 0. The van der Waals surface area contributed by atoms with E-state index in [0.717, 1.165) is 25.9 Å². The van der Waals surface area contributed by atoms with Crippen LogP contribution in [-0.4, -0.2) is 50.7 Å². The summed E-state index contributed by atoms with van der Waals surface area (Å²) in [7, 11) is 1.64. The number of piperazine rings is 1. The Bertz CT molecular complexity index is 128. The minimum atomic E-state index is -0.0105. The molecule has 0 saturated carbocycles. The first-order chi connectivity index (χ1) is 5.38. The quantitative estimate of drug-likeness (QED) is 0.538. The lowest BCUT2D eigenvalue weighted by Gasteiger charge is -2.31. The minimum Gasteiger partial charge on any atom is -0.369 e. The number of carbonyl (C=O) groups is 1. The van der Waals surface area contributed by atoms with Crippen molar-refractivity contribution in [2.24, 2.45) is 0 Å². The Kier molecular flexibility index (Phi) is 3.48. The number of aldehydes is 1. The van der Waals surface area contributed by atoms with Gasteiger partial charge in [0.25, 0.3) is 0 Å². The number of hydrogen-bond donors (Lipinski definition) is 1. The molecule has 64 valence electrons. The smallest absolute Gasteiger partial charge is 0.138 e. The summed E-state index contributed by atoms with van der Waals surface area (Å²) in [6.45, 7) is 3.11. The van der Waals surface area contributed by atoms with Gasteiger partial charge in [0.15, 0.2) is 0 Å². The zero-order valence-corrected chi connectivity index (χ0v) is 6.75. The summed E-state index contributed by atoms with van der Waals surface area (Å²) in [5, 5.41) is 3.15. The summed E-state index contributed by atoms with van der Waals surface area (Å²) < 4.78 is 4.95. The molecule has 1 aliphatic rings. The molecule has 4 nitrogen and oxygen atoms in total. The first-order valence-corrected chi connectivity index (χ1v) is 3.77. The number of rotatable bonds is 3. The van der Waals surface area contributed by atoms with Gasteiger partial charge in [0.2, 0.25) is 0 Å². The molecule has 0 bridgehead atoms. The molecule has 0 spiro atoms. The maximum atomic E-state index is 10.5. The Labute approximate surface area is 66.5 Å². The first-order valence-electron chi connectivity index (χ1n) is 3.77. The first kappa shape index (κ1) is 8.64. The largest absolute Gasteiger partial charge is 0.369 e. The van der Waals surface area contributed by atoms with Crippen molar-refractivity contribution >= 4 is 6.29 Å². The van der Waals surface area contributed by atoms with E-state index < -0.39 is 0 Å². The number of hydrogen-bond acceptors (Lipinski definition) is 4. The summed E-state index contributed by atoms with van der Waals surface area (Å²) in [5.74, 6) is 0. The highest BCUT2D eigenvalue weighted by Gasteiger charge is 2.20. The molecule has 0 amide bonds. The molecule has 1 unspecified atom stereocenters. The monoisotopic (exact) mass is 158 g/mol. The summed E-state index contributed by atoms with van der Waals surface area (Å²) in [5.41, 5.74) is 0. The molecular formula is C7H14N2O2. The molecule has 0 radical (unpaired) electrons. The lowest BCUT2D eigenvalue weighted by molar-refractivity contribution is -0.115. The average Bonchev–Trinajstić information content (AvgIpc) is 2.06. The van der Waals surface area contributed by atoms with Crippen molar-refractivity contribution in [3.8, 4) is 0 Å². The minimum absolute atomic E-state index is 0.0105. The van der Waals surface area contributed by atoms with Crippen LogP contribution in [0.2, 0.25) is 0 Å². The van der Waals surface area contributed by atoms with E-state index in [9.17, 15) is 4.79 Å². The topological polar surface area (TPSA) is 41.6 Å². The number of nitrogens with zero attached hydrogens (tertiary/aromatic N) is 1. The van der Waals surface area contributed by atoms with Crippen LogP contribution in [0.3, 0.4) is 0 Å². The van der Waals surface area contributed by atoms with Gasteiger partial charge in [0, 0.05) is 26.7 Å². The number of nitrogens with one attached hydrogen (secondary N) is 1. The normalized spacial score (nSPS) is 26.8. The van der Waals surface area contributed by atoms with Gasteiger partial charge in [-0.1, -0.05) is 0 Å². The Balaban J connectivity index is 2.37. The third kappa shape index (κ3) is 2.25. The second kappa shape index (κ2) is 4.43. The fourth-order valence-corrected chi connectivity index (χ4v) is 1.23. The van der Waals surface area contributed by atoms with E-state index in [2.05, 4.69) is 5.32 Å². The van der Waals surface area contributed by atoms with Gasteiger partial charge in [0.05, 0.1) is 12.8 Å². The van der Waals surface area contributed by atoms with Crippen LogP contribution in [0.25, 0.3) is 0 Å². The molecule has 1 aliphatic heterocycles. The fraction of sp³-hybridized carbons (Fsp3) is 0.857. The van der Waals surface area contributed by atoms with Crippen molar-refractivity contribution in [3.63, 3.8) is 0 Å². The van der Waals surface area contributed by atoms with Crippen LogP contribution < -0.4 is 5.32 Å². The summed E-state index contributed by atoms with van der Waals surface area (Å²) in [6.07, 6.45) is 0.963. The van der Waals surface area contributed by atoms with Crippen LogP contribution >= 0.6 is 0 Å². The van der Waals surface area contributed by atoms with Crippen molar-refractivity contribution in [1.82, 2.24) is 10.2 Å². The van der Waals surface area contributed by atoms with E-state index in [1.807, 2.05) is 4.90 Å². The second-order valence-corrected chi connectivity index (χ2v) is 2.64. The Hall–Kier alpha value is -0.450. The predicted molar refractivity (Wildman–Crippen MR) is 41.3 cm³/mol. The molecule has 0 aromatic carbocycles. The highest BCUT2D eigenvalue weighted by Crippen LogP contribution is 1.99. The fourth-order valence-electron chi connectivity index (χ4n) is 1.23. The SMILES string of the molecule is COCN1CCNCC1C=O. The highest BCUT2D eigenvalue weighted by molar-refractivity contribution is 5.58. The lowest BCUT2D eigenvalue weighted by Crippen LogP contribution is -2.52. The van der Waals surface area contributed by atoms with Crippen LogP contribution in [0.15, 0.2) is 0 Å². The molecule has 1 rings (SSSR count). The van der Waals surface area contributed by atoms with E-state index in [1.54, 1.807) is 7.11 Å². The van der Waals surface area contributed by atoms with Crippen LogP contribution in [0.1, 0.15) is 0 Å². The molecule has 1 saturated heterocycles. The molecule has 1 fully saturated rings. The van der Waals surface area contributed by atoms with Gasteiger partial charge in [-0.25, -0.2) is 0 Å². The van der Waals surface area contributed by atoms with Gasteiger partial charge >= 0.3 is 0 Å². The van der Waals surface area contributed by atoms with Crippen molar-refractivity contribution in [2.75, 3.05) is 33.5 Å². The molecule has 0 aliphatic carbocycles. The Morgan fingerprint density at radius 1 is 1.82 bits per heavy atom. The molecule has 1 atom stereocenters. The van der Waals surface area contributed by atoms with Gasteiger partial charge < -0.3 is 14.8 Å². The van der Waals surface area contributed by atoms with Crippen molar-refractivity contribution in [1.29, 1.82) is 0 Å². The number of methoxy groups -OCH3 is 1. The zero-order valence-electron chi connectivity index (χ0n) is 6.75. The van der Waals surface area contributed by atoms with Gasteiger partial charge in [0.1, 0.15) is 6.29 Å². The standard InChI is InChI=1S/C7H14N2O2/c1-11-6-9-3-2-8-4-7(9)5-10/h5,7-8H,2-4,6H2,1H3. The molecule has 4 heteroatoms. The van der Waals surface area contributed by atoms with Crippen LogP contribution in [0, 0.1) is 0 Å². The van der Waals surface area contributed by atoms with Gasteiger partial charge in [-0.15, -0.1) is 0 Å². The van der Waals surface area contributed by atoms with Crippen LogP contribution in [-0.2, 0) is 9.53 Å². The Morgan fingerprint density at radius 3 is 3.27 bits per heavy atom. The van der Waals surface area contributed by atoms with E-state index in [4.69, 9.17) is 4.74 Å². The molecule has 0 aromatic rings. The van der Waals surface area contributed by atoms with Crippen molar-refractivity contribution in [3.05, 3.63) is 0 Å². The molecule has 1 heterocycles. The summed E-state index contributed by atoms with van der Waals surface area (Å²) in [6, 6.07) is -0.0105. The maximum Gasteiger partial charge on any atom is 0.138 e. The molecule has 1 N–H and O–H groups in total. The number of ether oxygens (including phenoxy) is 1. The van der Waals surface area contributed by atoms with E-state index >= 15 is 0 Å². The van der Waals surface area contributed by atoms with Crippen LogP contribution in [0.4, 0.5) is 0 Å². The molecular weight excluding hydrogens is 144 g/mol. The van der Waals surface area contributed by atoms with Crippen LogP contribution in [0.5, 0.6) is 0 Å². The number of carbonyl (C=O) groups excluding carboxylic acids is 1. The van der Waals surface area contributed by atoms with Crippen molar-refractivity contribution < 1.29 is 9.53 Å². The van der Waals surface area contributed by atoms with Crippen molar-refractivity contribution in [2.45, 2.75) is 6.04 Å². The van der Waals surface area contributed by atoms with Gasteiger partial charge in [-0.2, -0.15) is 0 Å². The molecule has 0 aromatic heterocycles. The maximum absolute atomic E-state index is 10.5. The zero-order chi connectivity index (χ0) is 8.10. The average molecular weight is 158 g/mol. The molecule has 11 heavy (non-hydrogen) atoms. The predicted octanol–water partition coefficient (Wildman–Crippen LogP) is -0.937.